The predicted molar refractivity (Wildman–Crippen MR) is 321 cm³/mol. The number of rotatable bonds is 61. The molecule has 0 fully saturated rings. The van der Waals surface area contributed by atoms with Gasteiger partial charge < -0.3 is 28.5 Å². The fourth-order valence-electron chi connectivity index (χ4n) is 10.1. The first kappa shape index (κ1) is 73.8. The van der Waals surface area contributed by atoms with Crippen LogP contribution in [0, 0.1) is 0 Å². The smallest absolute Gasteiger partial charge is 0.306 e. The molecular formula is C65H129N2O7P. The number of esters is 1. The highest BCUT2D eigenvalue weighted by molar-refractivity contribution is 7.45. The number of ether oxygens (including phenoxy) is 1. The van der Waals surface area contributed by atoms with E-state index in [-0.39, 0.29) is 31.5 Å². The molecule has 0 saturated heterocycles. The van der Waals surface area contributed by atoms with Crippen molar-refractivity contribution in [1.29, 1.82) is 0 Å². The molecule has 3 atom stereocenters. The third kappa shape index (κ3) is 57.3. The number of unbranched alkanes of at least 4 members (excludes halogenated alkanes) is 45. The van der Waals surface area contributed by atoms with Gasteiger partial charge in [0.15, 0.2) is 0 Å². The number of phosphoric ester groups is 1. The minimum atomic E-state index is -4.69. The van der Waals surface area contributed by atoms with Gasteiger partial charge in [0.2, 0.25) is 5.91 Å². The summed E-state index contributed by atoms with van der Waals surface area (Å²) < 4.78 is 30.3. The maximum atomic E-state index is 13.5. The fraction of sp³-hybridized carbons (Fsp3) is 0.938. The Kier molecular flexibility index (Phi) is 55.1. The van der Waals surface area contributed by atoms with Gasteiger partial charge in [-0.25, -0.2) is 0 Å². The van der Waals surface area contributed by atoms with Crippen LogP contribution in [0.25, 0.3) is 0 Å². The minimum absolute atomic E-state index is 0.0168. The number of amides is 1. The summed E-state index contributed by atoms with van der Waals surface area (Å²) in [4.78, 5) is 39.9. The maximum absolute atomic E-state index is 13.5. The van der Waals surface area contributed by atoms with Crippen molar-refractivity contribution in [3.8, 4) is 0 Å². The van der Waals surface area contributed by atoms with Crippen molar-refractivity contribution in [2.75, 3.05) is 40.9 Å². The summed E-state index contributed by atoms with van der Waals surface area (Å²) in [6.07, 6.45) is 64.8. The van der Waals surface area contributed by atoms with Gasteiger partial charge in [0, 0.05) is 12.8 Å². The average Bonchev–Trinajstić information content (AvgIpc) is 3.37. The third-order valence-electron chi connectivity index (χ3n) is 15.2. The molecule has 9 nitrogen and oxygen atoms in total. The van der Waals surface area contributed by atoms with E-state index in [1.807, 2.05) is 33.3 Å². The molecule has 0 aromatic heterocycles. The van der Waals surface area contributed by atoms with E-state index in [2.05, 4.69) is 26.1 Å². The second-order valence-electron chi connectivity index (χ2n) is 24.0. The number of hydrogen-bond acceptors (Lipinski definition) is 7. The molecule has 1 amide bonds. The first-order chi connectivity index (χ1) is 36.4. The fourth-order valence-corrected chi connectivity index (χ4v) is 10.8. The molecule has 3 unspecified atom stereocenters. The normalized spacial score (nSPS) is 13.6. The molecule has 446 valence electrons. The number of nitrogens with one attached hydrogen (secondary N) is 1. The monoisotopic (exact) mass is 1080 g/mol. The lowest BCUT2D eigenvalue weighted by molar-refractivity contribution is -0.870. The Labute approximate surface area is 467 Å². The molecule has 0 aliphatic heterocycles. The number of nitrogens with zero attached hydrogens (tertiary/aromatic N) is 1. The van der Waals surface area contributed by atoms with E-state index >= 15 is 0 Å². The minimum Gasteiger partial charge on any atom is -0.756 e. The quantitative estimate of drug-likeness (QED) is 0.0212. The maximum Gasteiger partial charge on any atom is 0.306 e. The van der Waals surface area contributed by atoms with E-state index in [4.69, 9.17) is 13.8 Å². The molecule has 0 heterocycles. The van der Waals surface area contributed by atoms with Crippen LogP contribution in [0.4, 0.5) is 0 Å². The molecular weight excluding hydrogens is 952 g/mol. The highest BCUT2D eigenvalue weighted by Gasteiger charge is 2.27. The molecule has 0 aliphatic rings. The molecule has 0 radical (unpaired) electrons. The summed E-state index contributed by atoms with van der Waals surface area (Å²) >= 11 is 0. The van der Waals surface area contributed by atoms with Crippen LogP contribution in [0.2, 0.25) is 0 Å². The number of allylic oxidation sites excluding steroid dienone is 1. The average molecular weight is 1080 g/mol. The SMILES string of the molecule is CCCCCCCCCCC/C=C\C(OC(=O)CCCCCCCCCCCCCCCCCCCCCCCCCCC)C(COP(=O)([O-])OCC[N+](C)(C)C)NC(=O)CCCCCCCCCCCCCCC. The molecule has 0 rings (SSSR count). The van der Waals surface area contributed by atoms with E-state index in [0.29, 0.717) is 17.4 Å². The third-order valence-corrected chi connectivity index (χ3v) is 16.2. The number of phosphoric acid groups is 1. The highest BCUT2D eigenvalue weighted by atomic mass is 31.2. The van der Waals surface area contributed by atoms with Crippen molar-refractivity contribution >= 4 is 19.7 Å². The lowest BCUT2D eigenvalue weighted by atomic mass is 10.0. The van der Waals surface area contributed by atoms with Gasteiger partial charge in [0.1, 0.15) is 19.3 Å². The Morgan fingerprint density at radius 1 is 0.453 bits per heavy atom. The molecule has 75 heavy (non-hydrogen) atoms. The summed E-state index contributed by atoms with van der Waals surface area (Å²) in [5.74, 6) is -0.519. The number of quaternary nitrogens is 1. The van der Waals surface area contributed by atoms with Crippen molar-refractivity contribution in [2.24, 2.45) is 0 Å². The summed E-state index contributed by atoms with van der Waals surface area (Å²) in [7, 11) is 1.21. The number of likely N-dealkylation sites (N-methyl/N-ethyl adjacent to an activating group) is 1. The van der Waals surface area contributed by atoms with Crippen LogP contribution in [0.15, 0.2) is 12.2 Å². The van der Waals surface area contributed by atoms with E-state index in [9.17, 15) is 19.0 Å². The Balaban J connectivity index is 4.97. The lowest BCUT2D eigenvalue weighted by Crippen LogP contribution is -2.47. The van der Waals surface area contributed by atoms with E-state index in [1.54, 1.807) is 0 Å². The van der Waals surface area contributed by atoms with E-state index in [1.165, 1.54) is 250 Å². The molecule has 0 saturated carbocycles. The predicted octanol–water partition coefficient (Wildman–Crippen LogP) is 19.7. The van der Waals surface area contributed by atoms with Gasteiger partial charge in [-0.15, -0.1) is 0 Å². The number of carbonyl (C=O) groups excluding carboxylic acids is 2. The number of hydrogen-bond donors (Lipinski definition) is 1. The van der Waals surface area contributed by atoms with Crippen LogP contribution in [0.1, 0.15) is 342 Å². The van der Waals surface area contributed by atoms with Crippen molar-refractivity contribution in [3.63, 3.8) is 0 Å². The Morgan fingerprint density at radius 3 is 1.09 bits per heavy atom. The first-order valence-corrected chi connectivity index (χ1v) is 34.5. The Morgan fingerprint density at radius 2 is 0.760 bits per heavy atom. The summed E-state index contributed by atoms with van der Waals surface area (Å²) in [5, 5.41) is 3.03. The van der Waals surface area contributed by atoms with Gasteiger partial charge in [-0.3, -0.25) is 14.2 Å². The summed E-state index contributed by atoms with van der Waals surface area (Å²) in [6.45, 7) is 6.89. The van der Waals surface area contributed by atoms with Crippen LogP contribution < -0.4 is 10.2 Å². The second-order valence-corrected chi connectivity index (χ2v) is 25.4. The second kappa shape index (κ2) is 56.0. The van der Waals surface area contributed by atoms with Crippen LogP contribution >= 0.6 is 7.82 Å². The summed E-state index contributed by atoms with van der Waals surface area (Å²) in [6, 6.07) is -0.879. The molecule has 10 heteroatoms. The zero-order chi connectivity index (χ0) is 55.0. The molecule has 0 spiro atoms. The van der Waals surface area contributed by atoms with Gasteiger partial charge in [0.05, 0.1) is 33.8 Å². The Hall–Kier alpha value is -1.25. The largest absolute Gasteiger partial charge is 0.756 e. The lowest BCUT2D eigenvalue weighted by Gasteiger charge is -2.30. The highest BCUT2D eigenvalue weighted by Crippen LogP contribution is 2.38. The molecule has 0 bridgehead atoms. The first-order valence-electron chi connectivity index (χ1n) is 33.0. The van der Waals surface area contributed by atoms with Crippen molar-refractivity contribution in [3.05, 3.63) is 12.2 Å². The van der Waals surface area contributed by atoms with Gasteiger partial charge in [-0.2, -0.15) is 0 Å². The van der Waals surface area contributed by atoms with Gasteiger partial charge in [-0.05, 0) is 31.8 Å². The molecule has 0 aliphatic carbocycles. The molecule has 0 aromatic carbocycles. The molecule has 1 N–H and O–H groups in total. The topological polar surface area (TPSA) is 114 Å². The zero-order valence-electron chi connectivity index (χ0n) is 51.0. The van der Waals surface area contributed by atoms with Crippen LogP contribution in [0.5, 0.6) is 0 Å². The zero-order valence-corrected chi connectivity index (χ0v) is 51.9. The molecule has 0 aromatic rings. The van der Waals surface area contributed by atoms with Crippen molar-refractivity contribution in [2.45, 2.75) is 354 Å². The van der Waals surface area contributed by atoms with Crippen LogP contribution in [-0.2, 0) is 27.9 Å². The number of carbonyl (C=O) groups is 2. The summed E-state index contributed by atoms with van der Waals surface area (Å²) in [5.41, 5.74) is 0. The van der Waals surface area contributed by atoms with Crippen molar-refractivity contribution in [1.82, 2.24) is 5.32 Å². The van der Waals surface area contributed by atoms with Crippen molar-refractivity contribution < 1.29 is 37.3 Å². The standard InChI is InChI=1S/C65H129N2O7P/c1-7-10-13-16-19-22-25-27-28-29-30-31-32-33-34-35-36-37-38-40-43-46-49-52-55-58-65(69)74-63(56-53-50-47-44-41-24-21-18-15-12-9-3)62(61-73-75(70,71)72-60-59-67(4,5)6)66-64(68)57-54-51-48-45-42-39-26-23-20-17-14-11-8-2/h53,56,62-63H,7-52,54-55,57-61H2,1-6H3,(H-,66,68,70,71)/b56-53-. The van der Waals surface area contributed by atoms with Crippen LogP contribution in [0.3, 0.4) is 0 Å². The van der Waals surface area contributed by atoms with Crippen LogP contribution in [-0.4, -0.2) is 69.4 Å². The van der Waals surface area contributed by atoms with E-state index in [0.717, 1.165) is 57.8 Å². The van der Waals surface area contributed by atoms with Gasteiger partial charge in [0.25, 0.3) is 7.82 Å². The van der Waals surface area contributed by atoms with E-state index < -0.39 is 20.0 Å². The Bertz CT molecular complexity index is 1290. The van der Waals surface area contributed by atoms with Gasteiger partial charge >= 0.3 is 5.97 Å². The van der Waals surface area contributed by atoms with Gasteiger partial charge in [-0.1, -0.05) is 309 Å².